The van der Waals surface area contributed by atoms with Gasteiger partial charge in [-0.1, -0.05) is 38.8 Å². The standard InChI is InChI=1S/C32H51N5O6/c1-5-10-26(29(39)6-2)11-7-8-16-35-32(42)36-17-9-19-43-20-18-34-30(40)23-31(41)37-27-14-12-25(13-15-27)22-28(38)21-24(3)33-4/h12-15,21,26,33H,5-11,16-20,22-23H2,1-4H3,(H,34,40)(H,37,41)(H2,35,36,42)/b24-21-. The topological polar surface area (TPSA) is 155 Å². The van der Waals surface area contributed by atoms with Gasteiger partial charge in [0, 0.05) is 69.5 Å². The van der Waals surface area contributed by atoms with Gasteiger partial charge in [0.2, 0.25) is 11.8 Å². The normalized spacial score (nSPS) is 11.8. The first-order valence-corrected chi connectivity index (χ1v) is 15.3. The maximum atomic E-state index is 12.2. The lowest BCUT2D eigenvalue weighted by Crippen LogP contribution is -2.37. The van der Waals surface area contributed by atoms with Crippen molar-refractivity contribution in [2.45, 2.75) is 78.6 Å². The number of anilines is 1. The molecule has 11 nitrogen and oxygen atoms in total. The maximum absolute atomic E-state index is 12.2. The SMILES string of the molecule is CCCC(CCCCNC(=O)NCCCOCCNC(=O)CC(=O)Nc1ccc(CC(=O)/C=C(/C)NC)cc1)C(=O)CC. The van der Waals surface area contributed by atoms with Gasteiger partial charge in [-0.3, -0.25) is 19.2 Å². The molecule has 43 heavy (non-hydrogen) atoms. The van der Waals surface area contributed by atoms with Crippen LogP contribution in [0.5, 0.6) is 0 Å². The van der Waals surface area contributed by atoms with Crippen LogP contribution in [0.1, 0.15) is 77.7 Å². The van der Waals surface area contributed by atoms with E-state index in [4.69, 9.17) is 4.74 Å². The van der Waals surface area contributed by atoms with E-state index >= 15 is 0 Å². The fourth-order valence-electron chi connectivity index (χ4n) is 4.31. The number of rotatable bonds is 23. The minimum atomic E-state index is -0.438. The Hall–Kier alpha value is -3.73. The minimum Gasteiger partial charge on any atom is -0.392 e. The number of amides is 4. The predicted octanol–water partition coefficient (Wildman–Crippen LogP) is 3.64. The average Bonchev–Trinajstić information content (AvgIpc) is 2.98. The van der Waals surface area contributed by atoms with E-state index in [1.165, 1.54) is 0 Å². The Morgan fingerprint density at radius 1 is 0.837 bits per heavy atom. The summed E-state index contributed by atoms with van der Waals surface area (Å²) in [4.78, 5) is 60.0. The summed E-state index contributed by atoms with van der Waals surface area (Å²) in [5, 5.41) is 13.8. The number of carbonyl (C=O) groups is 5. The molecule has 1 aromatic rings. The molecule has 1 atom stereocenters. The van der Waals surface area contributed by atoms with E-state index in [0.29, 0.717) is 50.6 Å². The van der Waals surface area contributed by atoms with Crippen LogP contribution in [0.4, 0.5) is 10.5 Å². The molecule has 0 radical (unpaired) electrons. The predicted molar refractivity (Wildman–Crippen MR) is 169 cm³/mol. The van der Waals surface area contributed by atoms with Crippen molar-refractivity contribution in [3.8, 4) is 0 Å². The van der Waals surface area contributed by atoms with E-state index in [1.54, 1.807) is 37.4 Å². The van der Waals surface area contributed by atoms with Crippen molar-refractivity contribution in [3.05, 3.63) is 41.6 Å². The molecule has 0 saturated carbocycles. The summed E-state index contributed by atoms with van der Waals surface area (Å²) in [7, 11) is 1.75. The molecular formula is C32H51N5O6. The number of allylic oxidation sites excluding steroid dienone is 2. The van der Waals surface area contributed by atoms with E-state index < -0.39 is 11.8 Å². The number of ketones is 2. The lowest BCUT2D eigenvalue weighted by atomic mass is 9.91. The van der Waals surface area contributed by atoms with E-state index in [1.807, 2.05) is 13.8 Å². The van der Waals surface area contributed by atoms with E-state index in [9.17, 15) is 24.0 Å². The quantitative estimate of drug-likeness (QED) is 0.0729. The zero-order valence-electron chi connectivity index (χ0n) is 26.3. The first-order chi connectivity index (χ1) is 20.7. The molecule has 1 aromatic carbocycles. The molecule has 0 aliphatic rings. The summed E-state index contributed by atoms with van der Waals surface area (Å²) in [5.74, 6) is -0.395. The summed E-state index contributed by atoms with van der Waals surface area (Å²) >= 11 is 0. The Balaban J connectivity index is 2.07. The van der Waals surface area contributed by atoms with Crippen molar-refractivity contribution in [1.82, 2.24) is 21.3 Å². The molecule has 0 bridgehead atoms. The van der Waals surface area contributed by atoms with Crippen molar-refractivity contribution < 1.29 is 28.7 Å². The molecular weight excluding hydrogens is 550 g/mol. The molecule has 4 amide bonds. The average molecular weight is 602 g/mol. The second-order valence-electron chi connectivity index (χ2n) is 10.4. The first kappa shape index (κ1) is 37.3. The van der Waals surface area contributed by atoms with Gasteiger partial charge in [-0.15, -0.1) is 0 Å². The van der Waals surface area contributed by atoms with Crippen molar-refractivity contribution in [3.63, 3.8) is 0 Å². The fraction of sp³-hybridized carbons (Fsp3) is 0.594. The molecule has 0 aromatic heterocycles. The van der Waals surface area contributed by atoms with E-state index in [0.717, 1.165) is 43.4 Å². The number of carbonyl (C=O) groups excluding carboxylic acids is 5. The Labute approximate surface area is 256 Å². The van der Waals surface area contributed by atoms with Crippen LogP contribution in [-0.2, 0) is 30.3 Å². The van der Waals surface area contributed by atoms with Crippen LogP contribution in [0, 0.1) is 5.92 Å². The van der Waals surface area contributed by atoms with Crippen molar-refractivity contribution in [2.75, 3.05) is 45.2 Å². The lowest BCUT2D eigenvalue weighted by molar-refractivity contribution is -0.127. The van der Waals surface area contributed by atoms with Gasteiger partial charge < -0.3 is 31.3 Å². The zero-order chi connectivity index (χ0) is 31.9. The molecule has 0 spiro atoms. The number of nitrogens with one attached hydrogen (secondary N) is 5. The summed E-state index contributed by atoms with van der Waals surface area (Å²) in [5.41, 5.74) is 2.15. The number of benzene rings is 1. The van der Waals surface area contributed by atoms with E-state index in [2.05, 4.69) is 33.5 Å². The van der Waals surface area contributed by atoms with Gasteiger partial charge in [0.05, 0.1) is 6.61 Å². The Morgan fingerprint density at radius 3 is 2.19 bits per heavy atom. The zero-order valence-corrected chi connectivity index (χ0v) is 26.3. The molecule has 0 saturated heterocycles. The van der Waals surface area contributed by atoms with Crippen LogP contribution in [0.2, 0.25) is 0 Å². The molecule has 0 fully saturated rings. The van der Waals surface area contributed by atoms with Gasteiger partial charge >= 0.3 is 6.03 Å². The van der Waals surface area contributed by atoms with Gasteiger partial charge in [-0.2, -0.15) is 0 Å². The highest BCUT2D eigenvalue weighted by molar-refractivity contribution is 6.03. The number of hydrogen-bond donors (Lipinski definition) is 5. The second-order valence-corrected chi connectivity index (χ2v) is 10.4. The van der Waals surface area contributed by atoms with E-state index in [-0.39, 0.29) is 37.1 Å². The Morgan fingerprint density at radius 2 is 1.53 bits per heavy atom. The van der Waals surface area contributed by atoms with Crippen molar-refractivity contribution in [2.24, 2.45) is 5.92 Å². The fourth-order valence-corrected chi connectivity index (χ4v) is 4.31. The van der Waals surface area contributed by atoms with Gasteiger partial charge in [-0.25, -0.2) is 4.79 Å². The van der Waals surface area contributed by atoms with Crippen LogP contribution in [0.3, 0.4) is 0 Å². The first-order valence-electron chi connectivity index (χ1n) is 15.3. The van der Waals surface area contributed by atoms with Gasteiger partial charge in [-0.05, 0) is 50.3 Å². The number of Topliss-reactive ketones (excluding diaryl/α,β-unsaturated/α-hetero) is 1. The molecule has 1 unspecified atom stereocenters. The molecule has 11 heteroatoms. The van der Waals surface area contributed by atoms with Crippen LogP contribution in [0.25, 0.3) is 0 Å². The molecule has 0 aliphatic carbocycles. The van der Waals surface area contributed by atoms with Crippen molar-refractivity contribution >= 4 is 35.1 Å². The number of hydrogen-bond acceptors (Lipinski definition) is 7. The van der Waals surface area contributed by atoms with Crippen LogP contribution < -0.4 is 26.6 Å². The van der Waals surface area contributed by atoms with Crippen LogP contribution >= 0.6 is 0 Å². The lowest BCUT2D eigenvalue weighted by Gasteiger charge is -2.14. The third-order valence-electron chi connectivity index (χ3n) is 6.73. The second kappa shape index (κ2) is 22.8. The number of urea groups is 1. The summed E-state index contributed by atoms with van der Waals surface area (Å²) in [6.45, 7) is 7.84. The molecule has 5 N–H and O–H groups in total. The van der Waals surface area contributed by atoms with Gasteiger partial charge in [0.25, 0.3) is 0 Å². The minimum absolute atomic E-state index is 0.0235. The highest BCUT2D eigenvalue weighted by Gasteiger charge is 2.15. The van der Waals surface area contributed by atoms with Gasteiger partial charge in [0.1, 0.15) is 12.2 Å². The summed E-state index contributed by atoms with van der Waals surface area (Å²) < 4.78 is 5.47. The van der Waals surface area contributed by atoms with Crippen LogP contribution in [-0.4, -0.2) is 69.3 Å². The van der Waals surface area contributed by atoms with Crippen molar-refractivity contribution in [1.29, 1.82) is 0 Å². The molecule has 1 rings (SSSR count). The highest BCUT2D eigenvalue weighted by atomic mass is 16.5. The highest BCUT2D eigenvalue weighted by Crippen LogP contribution is 2.17. The number of ether oxygens (including phenoxy) is 1. The summed E-state index contributed by atoms with van der Waals surface area (Å²) in [6, 6.07) is 6.69. The molecule has 240 valence electrons. The van der Waals surface area contributed by atoms with Crippen LogP contribution in [0.15, 0.2) is 36.0 Å². The smallest absolute Gasteiger partial charge is 0.314 e. The largest absolute Gasteiger partial charge is 0.392 e. The molecule has 0 heterocycles. The monoisotopic (exact) mass is 601 g/mol. The molecule has 0 aliphatic heterocycles. The third kappa shape index (κ3) is 18.4. The maximum Gasteiger partial charge on any atom is 0.314 e. The Kier molecular flexibility index (Phi) is 19.8. The third-order valence-corrected chi connectivity index (χ3v) is 6.73. The Bertz CT molecular complexity index is 1040. The van der Waals surface area contributed by atoms with Gasteiger partial charge in [0.15, 0.2) is 5.78 Å². The summed E-state index contributed by atoms with van der Waals surface area (Å²) in [6.07, 6.45) is 7.28. The number of unbranched alkanes of at least 4 members (excludes halogenated alkanes) is 1.